The Bertz CT molecular complexity index is 580. The van der Waals surface area contributed by atoms with Crippen LogP contribution in [-0.2, 0) is 6.42 Å². The molecule has 1 heterocycles. The Morgan fingerprint density at radius 2 is 1.76 bits per heavy atom. The molecule has 0 amide bonds. The largest absolute Gasteiger partial charge is 0.252 e. The first-order chi connectivity index (χ1) is 8.43. The van der Waals surface area contributed by atoms with Crippen molar-refractivity contribution in [3.05, 3.63) is 72.0 Å². The number of hydrogen-bond acceptors (Lipinski definition) is 1. The Morgan fingerprint density at radius 3 is 2.65 bits per heavy atom. The van der Waals surface area contributed by atoms with Gasteiger partial charge in [0.15, 0.2) is 0 Å². The van der Waals surface area contributed by atoms with Gasteiger partial charge in [0, 0.05) is 12.0 Å². The first-order valence-electron chi connectivity index (χ1n) is 5.82. The van der Waals surface area contributed by atoms with Gasteiger partial charge in [-0.3, -0.25) is 4.98 Å². The Kier molecular flexibility index (Phi) is 2.59. The topological polar surface area (TPSA) is 12.9 Å². The van der Waals surface area contributed by atoms with E-state index in [0.717, 1.165) is 17.8 Å². The summed E-state index contributed by atoms with van der Waals surface area (Å²) in [5, 5.41) is 0. The third-order valence-corrected chi connectivity index (χ3v) is 2.91. The predicted molar refractivity (Wildman–Crippen MR) is 71.6 cm³/mol. The smallest absolute Gasteiger partial charge is 0.0705 e. The molecule has 0 radical (unpaired) electrons. The maximum atomic E-state index is 4.74. The highest BCUT2D eigenvalue weighted by atomic mass is 14.7. The number of pyridine rings is 1. The third-order valence-electron chi connectivity index (χ3n) is 2.91. The minimum Gasteiger partial charge on any atom is -0.252 e. The van der Waals surface area contributed by atoms with Gasteiger partial charge in [0.25, 0.3) is 0 Å². The highest BCUT2D eigenvalue weighted by Gasteiger charge is 2.05. The van der Waals surface area contributed by atoms with Gasteiger partial charge in [-0.2, -0.15) is 0 Å². The zero-order chi connectivity index (χ0) is 11.5. The normalized spacial score (nSPS) is 13.2. The van der Waals surface area contributed by atoms with E-state index in [1.54, 1.807) is 0 Å². The lowest BCUT2D eigenvalue weighted by molar-refractivity contribution is 1.11. The molecule has 1 aliphatic carbocycles. The van der Waals surface area contributed by atoms with Crippen LogP contribution in [0, 0.1) is 0 Å². The Balaban J connectivity index is 2.07. The van der Waals surface area contributed by atoms with Crippen LogP contribution in [0.4, 0.5) is 0 Å². The van der Waals surface area contributed by atoms with Crippen LogP contribution in [0.25, 0.3) is 17.3 Å². The summed E-state index contributed by atoms with van der Waals surface area (Å²) in [6.45, 7) is 0. The van der Waals surface area contributed by atoms with Crippen LogP contribution in [-0.4, -0.2) is 4.98 Å². The minimum atomic E-state index is 0.906. The summed E-state index contributed by atoms with van der Waals surface area (Å²) in [5.41, 5.74) is 4.59. The van der Waals surface area contributed by atoms with E-state index in [9.17, 15) is 0 Å². The average Bonchev–Trinajstić information content (AvgIpc) is 2.64. The number of hydrogen-bond donors (Lipinski definition) is 0. The maximum absolute atomic E-state index is 4.74. The van der Waals surface area contributed by atoms with Gasteiger partial charge in [0.05, 0.1) is 11.4 Å². The SMILES string of the molecule is C1=CCc2nc(-c3ccccc3)ccc2C=C1. The van der Waals surface area contributed by atoms with Crippen LogP contribution in [0.15, 0.2) is 60.7 Å². The summed E-state index contributed by atoms with van der Waals surface area (Å²) in [5.74, 6) is 0. The molecule has 1 aromatic heterocycles. The molecule has 1 nitrogen and oxygen atoms in total. The number of aromatic nitrogens is 1. The number of allylic oxidation sites excluding steroid dienone is 3. The Morgan fingerprint density at radius 1 is 0.882 bits per heavy atom. The van der Waals surface area contributed by atoms with Crippen molar-refractivity contribution in [1.29, 1.82) is 0 Å². The highest BCUT2D eigenvalue weighted by molar-refractivity contribution is 5.63. The fourth-order valence-electron chi connectivity index (χ4n) is 2.01. The molecule has 1 heteroatoms. The second-order valence-corrected chi connectivity index (χ2v) is 4.09. The fraction of sp³-hybridized carbons (Fsp3) is 0.0625. The first kappa shape index (κ1) is 10.0. The Hall–Kier alpha value is -2.15. The van der Waals surface area contributed by atoms with Crippen LogP contribution in [0.5, 0.6) is 0 Å². The van der Waals surface area contributed by atoms with Crippen molar-refractivity contribution in [2.24, 2.45) is 0 Å². The number of fused-ring (bicyclic) bond motifs is 1. The second-order valence-electron chi connectivity index (χ2n) is 4.09. The lowest BCUT2D eigenvalue weighted by Gasteiger charge is -2.06. The molecule has 0 saturated carbocycles. The molecule has 0 fully saturated rings. The maximum Gasteiger partial charge on any atom is 0.0705 e. The van der Waals surface area contributed by atoms with E-state index in [1.807, 2.05) is 18.2 Å². The number of nitrogens with zero attached hydrogens (tertiary/aromatic N) is 1. The van der Waals surface area contributed by atoms with Crippen LogP contribution in [0.1, 0.15) is 11.3 Å². The van der Waals surface area contributed by atoms with Crippen LogP contribution < -0.4 is 0 Å². The van der Waals surface area contributed by atoms with Gasteiger partial charge in [0.2, 0.25) is 0 Å². The molecule has 0 bridgehead atoms. The quantitative estimate of drug-likeness (QED) is 0.709. The van der Waals surface area contributed by atoms with Gasteiger partial charge in [-0.25, -0.2) is 0 Å². The van der Waals surface area contributed by atoms with Crippen LogP contribution in [0.3, 0.4) is 0 Å². The van der Waals surface area contributed by atoms with Crippen molar-refractivity contribution >= 4 is 6.08 Å². The van der Waals surface area contributed by atoms with Crippen molar-refractivity contribution < 1.29 is 0 Å². The zero-order valence-corrected chi connectivity index (χ0v) is 9.51. The van der Waals surface area contributed by atoms with Crippen LogP contribution in [0.2, 0.25) is 0 Å². The molecule has 1 aromatic carbocycles. The van der Waals surface area contributed by atoms with Gasteiger partial charge in [0.1, 0.15) is 0 Å². The number of benzene rings is 1. The minimum absolute atomic E-state index is 0.906. The first-order valence-corrected chi connectivity index (χ1v) is 5.82. The average molecular weight is 219 g/mol. The van der Waals surface area contributed by atoms with E-state index in [2.05, 4.69) is 48.6 Å². The molecule has 0 unspecified atom stereocenters. The number of rotatable bonds is 1. The predicted octanol–water partition coefficient (Wildman–Crippen LogP) is 3.87. The lowest BCUT2D eigenvalue weighted by atomic mass is 10.1. The molecular weight excluding hydrogens is 206 g/mol. The molecule has 17 heavy (non-hydrogen) atoms. The molecule has 0 saturated heterocycles. The molecule has 0 N–H and O–H groups in total. The van der Waals surface area contributed by atoms with Crippen molar-refractivity contribution in [2.75, 3.05) is 0 Å². The third kappa shape index (κ3) is 2.04. The van der Waals surface area contributed by atoms with Crippen molar-refractivity contribution in [2.45, 2.75) is 6.42 Å². The van der Waals surface area contributed by atoms with Gasteiger partial charge in [-0.05, 0) is 11.6 Å². The molecule has 1 aliphatic rings. The van der Waals surface area contributed by atoms with E-state index < -0.39 is 0 Å². The van der Waals surface area contributed by atoms with E-state index in [1.165, 1.54) is 11.1 Å². The van der Waals surface area contributed by atoms with E-state index in [4.69, 9.17) is 4.98 Å². The van der Waals surface area contributed by atoms with Crippen LogP contribution >= 0.6 is 0 Å². The van der Waals surface area contributed by atoms with E-state index in [0.29, 0.717) is 0 Å². The molecule has 82 valence electrons. The van der Waals surface area contributed by atoms with E-state index >= 15 is 0 Å². The standard InChI is InChI=1S/C16H13N/c1-3-7-13(8-4-1)16-12-11-14-9-5-2-6-10-15(14)17-16/h1-9,11-12H,10H2. The zero-order valence-electron chi connectivity index (χ0n) is 9.51. The van der Waals surface area contributed by atoms with Gasteiger partial charge < -0.3 is 0 Å². The van der Waals surface area contributed by atoms with Gasteiger partial charge in [-0.15, -0.1) is 0 Å². The molecule has 0 atom stereocenters. The monoisotopic (exact) mass is 219 g/mol. The summed E-state index contributed by atoms with van der Waals surface area (Å²) < 4.78 is 0. The molecule has 3 rings (SSSR count). The summed E-state index contributed by atoms with van der Waals surface area (Å²) in [6.07, 6.45) is 9.30. The van der Waals surface area contributed by atoms with Gasteiger partial charge >= 0.3 is 0 Å². The fourth-order valence-corrected chi connectivity index (χ4v) is 2.01. The summed E-state index contributed by atoms with van der Waals surface area (Å²) in [4.78, 5) is 4.74. The summed E-state index contributed by atoms with van der Waals surface area (Å²) >= 11 is 0. The summed E-state index contributed by atoms with van der Waals surface area (Å²) in [6, 6.07) is 14.5. The van der Waals surface area contributed by atoms with E-state index in [-0.39, 0.29) is 0 Å². The molecule has 0 aliphatic heterocycles. The second kappa shape index (κ2) is 4.38. The highest BCUT2D eigenvalue weighted by Crippen LogP contribution is 2.21. The van der Waals surface area contributed by atoms with Gasteiger partial charge in [-0.1, -0.05) is 60.7 Å². The van der Waals surface area contributed by atoms with Crippen molar-refractivity contribution in [3.63, 3.8) is 0 Å². The molecular formula is C16H13N. The molecule has 2 aromatic rings. The van der Waals surface area contributed by atoms with Crippen molar-refractivity contribution in [3.8, 4) is 11.3 Å². The Labute approximate surface area is 101 Å². The van der Waals surface area contributed by atoms with Crippen molar-refractivity contribution in [1.82, 2.24) is 4.98 Å². The molecule has 0 spiro atoms. The lowest BCUT2D eigenvalue weighted by Crippen LogP contribution is -1.94. The summed E-state index contributed by atoms with van der Waals surface area (Å²) in [7, 11) is 0.